The van der Waals surface area contributed by atoms with Crippen LogP contribution in [0, 0.1) is 31.1 Å². The molecule has 0 unspecified atom stereocenters. The van der Waals surface area contributed by atoms with Gasteiger partial charge in [-0.05, 0) is 51.0 Å². The molecule has 1 aromatic heterocycles. The predicted molar refractivity (Wildman–Crippen MR) is 104 cm³/mol. The van der Waals surface area contributed by atoms with Crippen LogP contribution in [0.2, 0.25) is 0 Å². The van der Waals surface area contributed by atoms with E-state index in [1.54, 1.807) is 31.2 Å². The summed E-state index contributed by atoms with van der Waals surface area (Å²) < 4.78 is 15.8. The summed E-state index contributed by atoms with van der Waals surface area (Å²) in [4.78, 5) is 24.1. The van der Waals surface area contributed by atoms with Crippen molar-refractivity contribution in [2.24, 2.45) is 5.92 Å². The molecule has 29 heavy (non-hydrogen) atoms. The van der Waals surface area contributed by atoms with Gasteiger partial charge in [0.2, 0.25) is 0 Å². The minimum atomic E-state index is -1.02. The summed E-state index contributed by atoms with van der Waals surface area (Å²) in [5, 5.41) is 15.7. The summed E-state index contributed by atoms with van der Waals surface area (Å²) in [6, 6.07) is 8.45. The van der Waals surface area contributed by atoms with E-state index in [9.17, 15) is 14.9 Å². The molecule has 2 rings (SSSR count). The first-order valence-corrected chi connectivity index (χ1v) is 9.20. The monoisotopic (exact) mass is 399 g/mol. The summed E-state index contributed by atoms with van der Waals surface area (Å²) in [6.45, 7) is 8.76. The number of aryl methyl sites for hydroxylation is 2. The van der Waals surface area contributed by atoms with Gasteiger partial charge in [0, 0.05) is 0 Å². The molecule has 1 heterocycles. The van der Waals surface area contributed by atoms with Crippen LogP contribution in [-0.4, -0.2) is 29.2 Å². The van der Waals surface area contributed by atoms with Gasteiger partial charge in [-0.3, -0.25) is 4.79 Å². The van der Waals surface area contributed by atoms with E-state index in [4.69, 9.17) is 14.0 Å². The van der Waals surface area contributed by atoms with Crippen molar-refractivity contribution in [1.82, 2.24) is 10.5 Å². The molecule has 2 aromatic rings. The van der Waals surface area contributed by atoms with E-state index in [2.05, 4.69) is 16.5 Å². The highest BCUT2D eigenvalue weighted by Gasteiger charge is 2.30. The largest absolute Gasteiger partial charge is 0.489 e. The highest BCUT2D eigenvalue weighted by Crippen LogP contribution is 2.18. The van der Waals surface area contributed by atoms with Gasteiger partial charge in [0.15, 0.2) is 6.61 Å². The summed E-state index contributed by atoms with van der Waals surface area (Å²) in [5.74, 6) is 0.00759. The van der Waals surface area contributed by atoms with Gasteiger partial charge in [-0.25, -0.2) is 4.79 Å². The van der Waals surface area contributed by atoms with Crippen LogP contribution in [0.1, 0.15) is 48.1 Å². The van der Waals surface area contributed by atoms with Crippen LogP contribution >= 0.6 is 0 Å². The first kappa shape index (κ1) is 22.0. The molecule has 0 spiro atoms. The highest BCUT2D eigenvalue weighted by molar-refractivity contribution is 5.91. The zero-order valence-corrected chi connectivity index (χ0v) is 17.2. The molecule has 1 N–H and O–H groups in total. The lowest BCUT2D eigenvalue weighted by molar-refractivity contribution is -0.125. The van der Waals surface area contributed by atoms with Crippen molar-refractivity contribution < 1.29 is 23.6 Å². The maximum atomic E-state index is 12.1. The quantitative estimate of drug-likeness (QED) is 0.678. The lowest BCUT2D eigenvalue weighted by Gasteiger charge is -2.27. The second-order valence-corrected chi connectivity index (χ2v) is 7.21. The molecule has 0 bridgehead atoms. The number of nitrogens with zero attached hydrogens (tertiary/aromatic N) is 2. The van der Waals surface area contributed by atoms with Gasteiger partial charge in [-0.15, -0.1) is 0 Å². The number of rotatable bonds is 8. The van der Waals surface area contributed by atoms with E-state index in [1.807, 2.05) is 27.7 Å². The third kappa shape index (κ3) is 5.57. The SMILES string of the molecule is Cc1noc(C)c1COc1ccc(C(=O)OCC(=O)N[C@](C)(C#N)C(C)C)cc1. The number of aromatic nitrogens is 1. The highest BCUT2D eigenvalue weighted by atomic mass is 16.5. The molecule has 0 radical (unpaired) electrons. The third-order valence-corrected chi connectivity index (χ3v) is 4.77. The molecule has 154 valence electrons. The maximum absolute atomic E-state index is 12.1. The van der Waals surface area contributed by atoms with E-state index in [-0.39, 0.29) is 11.5 Å². The molecule has 0 aliphatic rings. The lowest BCUT2D eigenvalue weighted by Crippen LogP contribution is -2.50. The van der Waals surface area contributed by atoms with Crippen LogP contribution in [0.15, 0.2) is 28.8 Å². The molecule has 8 nitrogen and oxygen atoms in total. The predicted octanol–water partition coefficient (Wildman–Crippen LogP) is 3.08. The smallest absolute Gasteiger partial charge is 0.338 e. The maximum Gasteiger partial charge on any atom is 0.338 e. The molecule has 1 atom stereocenters. The Labute approximate surface area is 169 Å². The number of hydrogen-bond acceptors (Lipinski definition) is 7. The molecule has 0 fully saturated rings. The Kier molecular flexibility index (Phi) is 6.99. The molecule has 0 aliphatic carbocycles. The van der Waals surface area contributed by atoms with Crippen molar-refractivity contribution in [2.45, 2.75) is 46.8 Å². The van der Waals surface area contributed by atoms with E-state index < -0.39 is 24.0 Å². The minimum Gasteiger partial charge on any atom is -0.489 e. The summed E-state index contributed by atoms with van der Waals surface area (Å²) in [7, 11) is 0. The van der Waals surface area contributed by atoms with Gasteiger partial charge in [0.1, 0.15) is 23.7 Å². The fraction of sp³-hybridized carbons (Fsp3) is 0.429. The summed E-state index contributed by atoms with van der Waals surface area (Å²) in [6.07, 6.45) is 0. The van der Waals surface area contributed by atoms with Gasteiger partial charge in [-0.1, -0.05) is 19.0 Å². The van der Waals surface area contributed by atoms with Crippen LogP contribution in [0.5, 0.6) is 5.75 Å². The minimum absolute atomic E-state index is 0.0925. The number of hydrogen-bond donors (Lipinski definition) is 1. The van der Waals surface area contributed by atoms with Crippen molar-refractivity contribution in [3.05, 3.63) is 46.8 Å². The van der Waals surface area contributed by atoms with Crippen molar-refractivity contribution >= 4 is 11.9 Å². The second kappa shape index (κ2) is 9.24. The number of amides is 1. The number of esters is 1. The first-order chi connectivity index (χ1) is 13.7. The zero-order chi connectivity index (χ0) is 21.6. The number of carbonyl (C=O) groups excluding carboxylic acids is 2. The second-order valence-electron chi connectivity index (χ2n) is 7.21. The van der Waals surface area contributed by atoms with Crippen molar-refractivity contribution in [3.8, 4) is 11.8 Å². The van der Waals surface area contributed by atoms with Crippen molar-refractivity contribution in [1.29, 1.82) is 5.26 Å². The molecular formula is C21H25N3O5. The van der Waals surface area contributed by atoms with Crippen molar-refractivity contribution in [2.75, 3.05) is 6.61 Å². The fourth-order valence-corrected chi connectivity index (χ4v) is 2.39. The van der Waals surface area contributed by atoms with Gasteiger partial charge in [0.25, 0.3) is 5.91 Å². The number of nitrogens with one attached hydrogen (secondary N) is 1. The topological polar surface area (TPSA) is 114 Å². The fourth-order valence-electron chi connectivity index (χ4n) is 2.39. The molecule has 1 amide bonds. The molecular weight excluding hydrogens is 374 g/mol. The molecule has 0 saturated carbocycles. The number of benzene rings is 1. The van der Waals surface area contributed by atoms with Crippen LogP contribution < -0.4 is 10.1 Å². The third-order valence-electron chi connectivity index (χ3n) is 4.77. The zero-order valence-electron chi connectivity index (χ0n) is 17.2. The number of carbonyl (C=O) groups is 2. The van der Waals surface area contributed by atoms with Crippen molar-refractivity contribution in [3.63, 3.8) is 0 Å². The van der Waals surface area contributed by atoms with Gasteiger partial charge >= 0.3 is 5.97 Å². The normalized spacial score (nSPS) is 12.7. The first-order valence-electron chi connectivity index (χ1n) is 9.20. The molecule has 0 aliphatic heterocycles. The Morgan fingerprint density at radius 1 is 1.28 bits per heavy atom. The summed E-state index contributed by atoms with van der Waals surface area (Å²) >= 11 is 0. The van der Waals surface area contributed by atoms with E-state index >= 15 is 0 Å². The Balaban J connectivity index is 1.87. The van der Waals surface area contributed by atoms with Crippen LogP contribution in [0.4, 0.5) is 0 Å². The number of ether oxygens (including phenoxy) is 2. The Morgan fingerprint density at radius 3 is 2.45 bits per heavy atom. The Hall–Kier alpha value is -3.34. The van der Waals surface area contributed by atoms with Gasteiger partial charge < -0.3 is 19.3 Å². The molecule has 1 aromatic carbocycles. The Bertz CT molecular complexity index is 892. The van der Waals surface area contributed by atoms with Gasteiger partial charge in [-0.2, -0.15) is 5.26 Å². The van der Waals surface area contributed by atoms with Crippen LogP contribution in [0.3, 0.4) is 0 Å². The molecule has 8 heteroatoms. The van der Waals surface area contributed by atoms with E-state index in [1.165, 1.54) is 0 Å². The van der Waals surface area contributed by atoms with Crippen LogP contribution in [-0.2, 0) is 16.1 Å². The summed E-state index contributed by atoms with van der Waals surface area (Å²) in [5.41, 5.74) is 0.912. The molecule has 0 saturated heterocycles. The average molecular weight is 399 g/mol. The van der Waals surface area contributed by atoms with E-state index in [0.717, 1.165) is 11.3 Å². The van der Waals surface area contributed by atoms with Crippen LogP contribution in [0.25, 0.3) is 0 Å². The number of nitriles is 1. The van der Waals surface area contributed by atoms with Gasteiger partial charge in [0.05, 0.1) is 22.9 Å². The standard InChI is InChI=1S/C21H25N3O5/c1-13(2)21(5,12-22)23-19(25)11-28-20(26)16-6-8-17(9-7-16)27-10-18-14(3)24-29-15(18)4/h6-9,13H,10-11H2,1-5H3,(H,23,25)/t21-/m1/s1. The Morgan fingerprint density at radius 2 is 1.93 bits per heavy atom. The van der Waals surface area contributed by atoms with E-state index in [0.29, 0.717) is 18.1 Å². The lowest BCUT2D eigenvalue weighted by atomic mass is 9.90. The average Bonchev–Trinajstić information content (AvgIpc) is 3.02.